The maximum absolute atomic E-state index is 13.4. The molecule has 5 amide bonds. The van der Waals surface area contributed by atoms with E-state index in [1.54, 1.807) is 83.1 Å². The van der Waals surface area contributed by atoms with Crippen molar-refractivity contribution in [3.05, 3.63) is 0 Å². The second kappa shape index (κ2) is 17.8. The number of aliphatic carboxylic acids is 1. The summed E-state index contributed by atoms with van der Waals surface area (Å²) in [5.74, 6) is -6.09. The van der Waals surface area contributed by atoms with E-state index in [1.807, 2.05) is 0 Å². The van der Waals surface area contributed by atoms with E-state index < -0.39 is 77.7 Å². The number of carboxylic acids is 1. The molecule has 248 valence electrons. The molecule has 0 aliphatic rings. The highest BCUT2D eigenvalue weighted by atomic mass is 16.4. The van der Waals surface area contributed by atoms with Gasteiger partial charge in [0, 0.05) is 0 Å². The zero-order valence-corrected chi connectivity index (χ0v) is 27.9. The van der Waals surface area contributed by atoms with Gasteiger partial charge in [-0.05, 0) is 35.5 Å². The smallest absolute Gasteiger partial charge is 0.326 e. The van der Waals surface area contributed by atoms with E-state index in [2.05, 4.69) is 26.6 Å². The minimum absolute atomic E-state index is 0.139. The number of carbonyl (C=O) groups is 6. The van der Waals surface area contributed by atoms with Crippen molar-refractivity contribution < 1.29 is 33.9 Å². The van der Waals surface area contributed by atoms with Crippen molar-refractivity contribution in [1.29, 1.82) is 0 Å². The quantitative estimate of drug-likeness (QED) is 0.124. The fraction of sp³-hybridized carbons (Fsp3) is 0.800. The third-order valence-electron chi connectivity index (χ3n) is 7.24. The fourth-order valence-electron chi connectivity index (χ4n) is 4.18. The Morgan fingerprint density at radius 2 is 0.605 bits per heavy atom. The van der Waals surface area contributed by atoms with E-state index >= 15 is 0 Å². The molecule has 0 saturated carbocycles. The molecule has 0 aliphatic heterocycles. The lowest BCUT2D eigenvalue weighted by atomic mass is 9.96. The van der Waals surface area contributed by atoms with Gasteiger partial charge in [-0.2, -0.15) is 0 Å². The second-order valence-electron chi connectivity index (χ2n) is 13.3. The van der Waals surface area contributed by atoms with Gasteiger partial charge in [0.15, 0.2) is 0 Å². The lowest BCUT2D eigenvalue weighted by Gasteiger charge is -2.31. The maximum Gasteiger partial charge on any atom is 0.326 e. The van der Waals surface area contributed by atoms with E-state index in [9.17, 15) is 33.9 Å². The van der Waals surface area contributed by atoms with Crippen LogP contribution in [-0.4, -0.2) is 76.9 Å². The molecule has 6 atom stereocenters. The lowest BCUT2D eigenvalue weighted by Crippen LogP contribution is -2.62. The lowest BCUT2D eigenvalue weighted by molar-refractivity contribution is -0.144. The number of nitrogens with two attached hydrogens (primary N) is 1. The topological polar surface area (TPSA) is 209 Å². The van der Waals surface area contributed by atoms with Crippen LogP contribution in [0.25, 0.3) is 0 Å². The van der Waals surface area contributed by atoms with Crippen LogP contribution >= 0.6 is 0 Å². The third kappa shape index (κ3) is 12.5. The molecule has 0 saturated heterocycles. The summed E-state index contributed by atoms with van der Waals surface area (Å²) in [6.45, 7) is 20.8. The summed E-state index contributed by atoms with van der Waals surface area (Å²) in [6, 6.07) is -6.04. The normalized spacial score (nSPS) is 16.0. The van der Waals surface area contributed by atoms with Gasteiger partial charge in [-0.3, -0.25) is 24.0 Å². The summed E-state index contributed by atoms with van der Waals surface area (Å²) in [7, 11) is 0. The van der Waals surface area contributed by atoms with E-state index in [1.165, 1.54) is 0 Å². The molecule has 0 radical (unpaired) electrons. The van der Waals surface area contributed by atoms with Crippen molar-refractivity contribution in [3.8, 4) is 0 Å². The average Bonchev–Trinajstić information content (AvgIpc) is 2.87. The van der Waals surface area contributed by atoms with Crippen molar-refractivity contribution in [2.24, 2.45) is 41.2 Å². The molecule has 0 fully saturated rings. The van der Waals surface area contributed by atoms with Gasteiger partial charge >= 0.3 is 5.97 Å². The van der Waals surface area contributed by atoms with E-state index in [-0.39, 0.29) is 29.6 Å². The van der Waals surface area contributed by atoms with E-state index in [4.69, 9.17) is 5.73 Å². The summed E-state index contributed by atoms with van der Waals surface area (Å²) in [5, 5.41) is 22.7. The molecule has 43 heavy (non-hydrogen) atoms. The van der Waals surface area contributed by atoms with Gasteiger partial charge in [-0.1, -0.05) is 83.1 Å². The monoisotopic (exact) mass is 612 g/mol. The van der Waals surface area contributed by atoms with Crippen molar-refractivity contribution in [1.82, 2.24) is 26.6 Å². The van der Waals surface area contributed by atoms with Gasteiger partial charge in [0.05, 0.1) is 6.04 Å². The zero-order chi connectivity index (χ0) is 33.9. The first-order chi connectivity index (χ1) is 19.6. The van der Waals surface area contributed by atoms with Gasteiger partial charge in [-0.25, -0.2) is 4.79 Å². The minimum Gasteiger partial charge on any atom is -0.480 e. The molecular weight excluding hydrogens is 556 g/mol. The Hall–Kier alpha value is -3.22. The van der Waals surface area contributed by atoms with Gasteiger partial charge < -0.3 is 37.4 Å². The SMILES string of the molecule is CC(C)[C@H](N)C(=O)N[C@H](C(=O)N[C@H](C(=O)N[C@H](C(=O)N[C@H](C(=O)N[C@H](C(=O)O)C(C)C)C(C)C)C(C)C)C(C)C)C(C)C. The van der Waals surface area contributed by atoms with Crippen LogP contribution in [0, 0.1) is 35.5 Å². The Bertz CT molecular complexity index is 980. The van der Waals surface area contributed by atoms with Crippen LogP contribution < -0.4 is 32.3 Å². The largest absolute Gasteiger partial charge is 0.480 e. The van der Waals surface area contributed by atoms with Crippen LogP contribution in [0.1, 0.15) is 83.1 Å². The molecule has 0 rings (SSSR count). The summed E-state index contributed by atoms with van der Waals surface area (Å²) in [6.07, 6.45) is 0. The van der Waals surface area contributed by atoms with Crippen molar-refractivity contribution in [2.75, 3.05) is 0 Å². The van der Waals surface area contributed by atoms with E-state index in [0.717, 1.165) is 0 Å². The number of nitrogens with one attached hydrogen (secondary N) is 5. The molecule has 0 bridgehead atoms. The van der Waals surface area contributed by atoms with Gasteiger partial charge in [0.25, 0.3) is 0 Å². The molecule has 13 heteroatoms. The molecule has 0 heterocycles. The van der Waals surface area contributed by atoms with Crippen LogP contribution in [0.2, 0.25) is 0 Å². The first-order valence-electron chi connectivity index (χ1n) is 15.1. The summed E-state index contributed by atoms with van der Waals surface area (Å²) in [5.41, 5.74) is 5.94. The molecule has 0 aliphatic carbocycles. The molecule has 0 aromatic heterocycles. The minimum atomic E-state index is -1.19. The summed E-state index contributed by atoms with van der Waals surface area (Å²) < 4.78 is 0. The zero-order valence-electron chi connectivity index (χ0n) is 27.9. The molecule has 13 nitrogen and oxygen atoms in total. The Kier molecular flexibility index (Phi) is 16.5. The van der Waals surface area contributed by atoms with Crippen LogP contribution in [-0.2, 0) is 28.8 Å². The molecular formula is C30H56N6O7. The van der Waals surface area contributed by atoms with Crippen LogP contribution in [0.5, 0.6) is 0 Å². The first-order valence-corrected chi connectivity index (χ1v) is 15.1. The third-order valence-corrected chi connectivity index (χ3v) is 7.24. The number of rotatable bonds is 17. The Labute approximate surface area is 256 Å². The van der Waals surface area contributed by atoms with Crippen molar-refractivity contribution >= 4 is 35.5 Å². The predicted molar refractivity (Wildman–Crippen MR) is 164 cm³/mol. The van der Waals surface area contributed by atoms with Crippen LogP contribution in [0.4, 0.5) is 0 Å². The van der Waals surface area contributed by atoms with Crippen LogP contribution in [0.15, 0.2) is 0 Å². The average molecular weight is 613 g/mol. The van der Waals surface area contributed by atoms with Gasteiger partial charge in [0.2, 0.25) is 29.5 Å². The molecule has 0 spiro atoms. The Morgan fingerprint density at radius 3 is 0.791 bits per heavy atom. The number of carbonyl (C=O) groups excluding carboxylic acids is 5. The molecule has 0 unspecified atom stereocenters. The van der Waals surface area contributed by atoms with Gasteiger partial charge in [-0.15, -0.1) is 0 Å². The van der Waals surface area contributed by atoms with Crippen molar-refractivity contribution in [2.45, 2.75) is 119 Å². The fourth-order valence-corrected chi connectivity index (χ4v) is 4.18. The van der Waals surface area contributed by atoms with Gasteiger partial charge in [0.1, 0.15) is 30.2 Å². The van der Waals surface area contributed by atoms with Crippen molar-refractivity contribution in [3.63, 3.8) is 0 Å². The number of hydrogen-bond donors (Lipinski definition) is 7. The maximum atomic E-state index is 13.4. The number of carboxylic acid groups (broad SMARTS) is 1. The standard InChI is InChI=1S/C30H56N6O7/c1-13(2)19(31)25(37)32-20(14(3)4)26(38)33-21(15(5)6)27(39)34-22(16(7)8)28(40)35-23(17(9)10)29(41)36-24(18(11)12)30(42)43/h13-24H,31H2,1-12H3,(H,32,37)(H,33,38)(H,34,39)(H,35,40)(H,36,41)(H,42,43)/t19-,20-,21-,22-,23-,24-/m0/s1. The van der Waals surface area contributed by atoms with Crippen LogP contribution in [0.3, 0.4) is 0 Å². The summed E-state index contributed by atoms with van der Waals surface area (Å²) >= 11 is 0. The molecule has 0 aromatic carbocycles. The number of amides is 5. The Balaban J connectivity index is 5.85. The highest BCUT2D eigenvalue weighted by Crippen LogP contribution is 2.12. The first kappa shape index (κ1) is 39.8. The van der Waals surface area contributed by atoms with E-state index in [0.29, 0.717) is 0 Å². The molecule has 8 N–H and O–H groups in total. The second-order valence-corrected chi connectivity index (χ2v) is 13.3. The molecule has 0 aromatic rings. The predicted octanol–water partition coefficient (Wildman–Crippen LogP) is 0.758. The summed E-state index contributed by atoms with van der Waals surface area (Å²) in [4.78, 5) is 77.2. The highest BCUT2D eigenvalue weighted by Gasteiger charge is 2.36. The Morgan fingerprint density at radius 1 is 0.395 bits per heavy atom. The highest BCUT2D eigenvalue weighted by molar-refractivity contribution is 5.96. The number of hydrogen-bond acceptors (Lipinski definition) is 7.